The Morgan fingerprint density at radius 2 is 0.626 bits per heavy atom. The lowest BCUT2D eigenvalue weighted by Gasteiger charge is -2.26. The summed E-state index contributed by atoms with van der Waals surface area (Å²) in [6.45, 7) is 4.60. The summed E-state index contributed by atoms with van der Waals surface area (Å²) in [5.41, 5.74) is 0. The second-order valence-corrected chi connectivity index (χ2v) is 25.9. The summed E-state index contributed by atoms with van der Waals surface area (Å²) in [6, 6.07) is 0. The van der Waals surface area contributed by atoms with Crippen LogP contribution >= 0.6 is 0 Å². The number of ether oxygens (including phenoxy) is 4. The van der Waals surface area contributed by atoms with E-state index in [1.165, 1.54) is 173 Å². The van der Waals surface area contributed by atoms with E-state index >= 15 is 0 Å². The van der Waals surface area contributed by atoms with Crippen molar-refractivity contribution >= 4 is 17.9 Å². The summed E-state index contributed by atoms with van der Waals surface area (Å²) in [7, 11) is 5.92. The van der Waals surface area contributed by atoms with E-state index < -0.39 is 24.3 Å². The van der Waals surface area contributed by atoms with Crippen LogP contribution < -0.4 is 5.11 Å². The summed E-state index contributed by atoms with van der Waals surface area (Å²) in [6.07, 6.45) is 99.8. The molecule has 0 heterocycles. The van der Waals surface area contributed by atoms with Crippen molar-refractivity contribution in [3.05, 3.63) is 134 Å². The van der Waals surface area contributed by atoms with E-state index in [2.05, 4.69) is 148 Å². The summed E-state index contributed by atoms with van der Waals surface area (Å²) >= 11 is 0. The van der Waals surface area contributed by atoms with Crippen molar-refractivity contribution in [3.63, 3.8) is 0 Å². The number of esters is 2. The van der Waals surface area contributed by atoms with Gasteiger partial charge in [-0.05, 0) is 116 Å². The van der Waals surface area contributed by atoms with Gasteiger partial charge < -0.3 is 33.3 Å². The predicted molar refractivity (Wildman–Crippen MR) is 389 cm³/mol. The van der Waals surface area contributed by atoms with E-state index in [4.69, 9.17) is 18.9 Å². The van der Waals surface area contributed by atoms with Crippen LogP contribution in [0.3, 0.4) is 0 Å². The molecule has 0 fully saturated rings. The highest BCUT2D eigenvalue weighted by Gasteiger charge is 2.22. The number of likely N-dealkylation sites (N-methyl/N-ethyl adjacent to an activating group) is 1. The monoisotopic (exact) mass is 1270 g/mol. The Morgan fingerprint density at radius 1 is 0.341 bits per heavy atom. The highest BCUT2D eigenvalue weighted by Crippen LogP contribution is 2.17. The molecule has 9 nitrogen and oxygen atoms in total. The molecule has 0 aliphatic heterocycles. The number of hydrogen-bond acceptors (Lipinski definition) is 8. The number of carboxylic acids is 1. The van der Waals surface area contributed by atoms with Gasteiger partial charge in [-0.2, -0.15) is 0 Å². The molecule has 0 aromatic carbocycles. The summed E-state index contributed by atoms with van der Waals surface area (Å²) in [5.74, 6) is -2.33. The van der Waals surface area contributed by atoms with Crippen LogP contribution in [-0.4, -0.2) is 82.3 Å². The Kier molecular flexibility index (Phi) is 67.7. The van der Waals surface area contributed by atoms with Gasteiger partial charge in [-0.1, -0.05) is 314 Å². The van der Waals surface area contributed by atoms with Crippen molar-refractivity contribution < 1.29 is 42.9 Å². The van der Waals surface area contributed by atoms with Crippen LogP contribution in [0.1, 0.15) is 309 Å². The van der Waals surface area contributed by atoms with Crippen molar-refractivity contribution in [1.82, 2.24) is 0 Å². The average molecular weight is 1270 g/mol. The fourth-order valence-electron chi connectivity index (χ4n) is 10.2. The molecule has 91 heavy (non-hydrogen) atoms. The van der Waals surface area contributed by atoms with Crippen molar-refractivity contribution in [2.45, 2.75) is 322 Å². The fraction of sp³-hybridized carbons (Fsp3) is 0.695. The molecule has 0 bridgehead atoms. The van der Waals surface area contributed by atoms with E-state index in [0.717, 1.165) is 103 Å². The number of carbonyl (C=O) groups excluding carboxylic acids is 3. The maximum Gasteiger partial charge on any atom is 0.306 e. The topological polar surface area (TPSA) is 111 Å². The standard InChI is InChI=1S/C82H139NO8/c1-6-8-10-12-14-16-18-20-22-24-26-28-30-32-34-36-38-39-40-41-43-44-46-48-50-52-54-56-58-60-62-64-66-68-70-72-79(84)89-76-78(77-90-82(81(86)87)88-75-74-83(3,4)5)91-80(85)73-71-69-67-65-63-61-59-57-55-53-51-49-47-45-42-37-35-33-31-29-27-25-23-21-19-17-15-13-11-9-7-2/h9,11,15,17-18,20-21,23-24,26-27,29,33,35,42,45,49,51,55,57,61,63,78,82H,6-8,10,12-14,16,19,22,25,28,30-32,34,36-41,43-44,46-48,50,52-54,56,58-60,62,64-77H2,1-5H3/b11-9-,17-15-,20-18-,23-21-,26-24-,29-27-,35-33-,45-42-,51-49-,57-55-,63-61-. The lowest BCUT2D eigenvalue weighted by atomic mass is 10.0. The van der Waals surface area contributed by atoms with E-state index in [1.807, 2.05) is 21.1 Å². The van der Waals surface area contributed by atoms with Gasteiger partial charge >= 0.3 is 11.9 Å². The summed E-state index contributed by atoms with van der Waals surface area (Å²) < 4.78 is 22.8. The van der Waals surface area contributed by atoms with Crippen LogP contribution in [0.15, 0.2) is 134 Å². The quantitative estimate of drug-likeness (QED) is 0.0195. The number of carbonyl (C=O) groups is 3. The van der Waals surface area contributed by atoms with Crippen molar-refractivity contribution in [3.8, 4) is 0 Å². The minimum absolute atomic E-state index is 0.135. The molecule has 0 saturated heterocycles. The molecular weight excluding hydrogens is 1130 g/mol. The lowest BCUT2D eigenvalue weighted by molar-refractivity contribution is -0.870. The maximum absolute atomic E-state index is 12.9. The first-order valence-corrected chi connectivity index (χ1v) is 37.3. The Labute approximate surface area is 560 Å². The normalized spacial score (nSPS) is 13.5. The van der Waals surface area contributed by atoms with Gasteiger partial charge in [-0.3, -0.25) is 9.59 Å². The molecular formula is C82H139NO8. The number of quaternary nitrogens is 1. The molecule has 0 rings (SSSR count). The van der Waals surface area contributed by atoms with E-state index in [-0.39, 0.29) is 38.6 Å². The molecule has 9 heteroatoms. The average Bonchev–Trinajstić information content (AvgIpc) is 3.65. The SMILES string of the molecule is CC/C=C\C/C=C\C/C=C\C/C=C\C/C=C\C/C=C\C/C=C\C/C=C\C/C=C\CCCCCC(=O)OC(COC(=O)CCCCCCCCCCCCCCCCCCCCCCCCC/C=C\C/C=C\CCCCCCC)COC(OCC[N+](C)(C)C)C(=O)[O-]. The Balaban J connectivity index is 4.14. The van der Waals surface area contributed by atoms with Crippen LogP contribution in [-0.2, 0) is 33.3 Å². The highest BCUT2D eigenvalue weighted by molar-refractivity contribution is 5.70. The van der Waals surface area contributed by atoms with Gasteiger partial charge in [-0.25, -0.2) is 0 Å². The zero-order chi connectivity index (χ0) is 66.1. The van der Waals surface area contributed by atoms with Gasteiger partial charge in [0.05, 0.1) is 40.3 Å². The van der Waals surface area contributed by atoms with Gasteiger partial charge in [0.1, 0.15) is 13.2 Å². The van der Waals surface area contributed by atoms with Crippen molar-refractivity contribution in [2.24, 2.45) is 0 Å². The second kappa shape index (κ2) is 71.3. The number of nitrogens with zero attached hydrogens (tertiary/aromatic N) is 1. The molecule has 2 unspecified atom stereocenters. The number of hydrogen-bond donors (Lipinski definition) is 0. The summed E-state index contributed by atoms with van der Waals surface area (Å²) in [5, 5.41) is 11.8. The Morgan fingerprint density at radius 3 is 0.945 bits per heavy atom. The molecule has 0 spiro atoms. The minimum atomic E-state index is -1.64. The Hall–Kier alpha value is -4.57. The van der Waals surface area contributed by atoms with Gasteiger partial charge in [0.15, 0.2) is 12.4 Å². The van der Waals surface area contributed by atoms with E-state index in [1.54, 1.807) is 0 Å². The number of allylic oxidation sites excluding steroid dienone is 22. The first-order chi connectivity index (χ1) is 44.6. The first kappa shape index (κ1) is 86.4. The van der Waals surface area contributed by atoms with Crippen molar-refractivity contribution in [2.75, 3.05) is 47.5 Å². The zero-order valence-electron chi connectivity index (χ0n) is 59.4. The largest absolute Gasteiger partial charge is 0.545 e. The third kappa shape index (κ3) is 72.7. The van der Waals surface area contributed by atoms with Crippen LogP contribution in [0.5, 0.6) is 0 Å². The molecule has 0 amide bonds. The van der Waals surface area contributed by atoms with Crippen molar-refractivity contribution in [1.29, 1.82) is 0 Å². The third-order valence-corrected chi connectivity index (χ3v) is 15.9. The van der Waals surface area contributed by atoms with Crippen LogP contribution in [0.25, 0.3) is 0 Å². The number of aliphatic carboxylic acids is 1. The Bertz CT molecular complexity index is 1960. The van der Waals surface area contributed by atoms with Crippen LogP contribution in [0.4, 0.5) is 0 Å². The third-order valence-electron chi connectivity index (χ3n) is 15.9. The molecule has 0 aliphatic rings. The molecule has 0 N–H and O–H groups in total. The lowest BCUT2D eigenvalue weighted by Crippen LogP contribution is -2.44. The molecule has 0 saturated carbocycles. The van der Waals surface area contributed by atoms with Gasteiger partial charge in [0.25, 0.3) is 0 Å². The van der Waals surface area contributed by atoms with Crippen LogP contribution in [0, 0.1) is 0 Å². The maximum atomic E-state index is 12.9. The number of rotatable bonds is 68. The highest BCUT2D eigenvalue weighted by atomic mass is 16.7. The molecule has 0 aromatic heterocycles. The van der Waals surface area contributed by atoms with Gasteiger partial charge in [0.2, 0.25) is 0 Å². The summed E-state index contributed by atoms with van der Waals surface area (Å²) in [4.78, 5) is 37.5. The molecule has 0 aromatic rings. The minimum Gasteiger partial charge on any atom is -0.545 e. The first-order valence-electron chi connectivity index (χ1n) is 37.3. The zero-order valence-corrected chi connectivity index (χ0v) is 59.4. The van der Waals surface area contributed by atoms with E-state index in [0.29, 0.717) is 17.4 Å². The fourth-order valence-corrected chi connectivity index (χ4v) is 10.2. The number of unbranched alkanes of at least 4 members (excludes halogenated alkanes) is 31. The molecule has 2 atom stereocenters. The smallest absolute Gasteiger partial charge is 0.306 e. The second-order valence-electron chi connectivity index (χ2n) is 25.9. The number of carboxylic acid groups (broad SMARTS) is 1. The van der Waals surface area contributed by atoms with Crippen LogP contribution in [0.2, 0.25) is 0 Å². The van der Waals surface area contributed by atoms with Gasteiger partial charge in [0, 0.05) is 12.8 Å². The molecule has 0 aliphatic carbocycles. The van der Waals surface area contributed by atoms with E-state index in [9.17, 15) is 19.5 Å². The van der Waals surface area contributed by atoms with Gasteiger partial charge in [-0.15, -0.1) is 0 Å². The molecule has 520 valence electrons. The molecule has 0 radical (unpaired) electrons. The predicted octanol–water partition coefficient (Wildman–Crippen LogP) is 22.4.